The first-order valence-electron chi connectivity index (χ1n) is 2.62. The molecule has 0 saturated carbocycles. The number of aromatic nitrogens is 2. The van der Waals surface area contributed by atoms with E-state index in [1.54, 1.807) is 0 Å². The molecule has 1 radical (unpaired) electrons. The molecule has 4 heteroatoms. The van der Waals surface area contributed by atoms with Gasteiger partial charge in [0.1, 0.15) is 5.69 Å². The van der Waals surface area contributed by atoms with E-state index in [0.717, 1.165) is 6.20 Å². The van der Waals surface area contributed by atoms with Crippen LogP contribution in [-0.4, -0.2) is 9.97 Å². The van der Waals surface area contributed by atoms with E-state index in [1.165, 1.54) is 6.20 Å². The zero-order valence-electron chi connectivity index (χ0n) is 5.09. The van der Waals surface area contributed by atoms with Gasteiger partial charge in [-0.05, 0) is 6.92 Å². The van der Waals surface area contributed by atoms with Crippen LogP contribution in [0.1, 0.15) is 17.8 Å². The van der Waals surface area contributed by atoms with Gasteiger partial charge < -0.3 is 0 Å². The van der Waals surface area contributed by atoms with E-state index in [-0.39, 0.29) is 5.69 Å². The minimum atomic E-state index is -2.55. The van der Waals surface area contributed by atoms with Crippen molar-refractivity contribution in [3.05, 3.63) is 30.7 Å². The van der Waals surface area contributed by atoms with Gasteiger partial charge >= 0.3 is 0 Å². The summed E-state index contributed by atoms with van der Waals surface area (Å²) in [6.45, 7) is 3.40. The number of hydrogen-bond donors (Lipinski definition) is 0. The van der Waals surface area contributed by atoms with Crippen LogP contribution in [0, 0.1) is 6.92 Å². The highest BCUT2D eigenvalue weighted by Crippen LogP contribution is 2.13. The standard InChI is InChI=1S/C6H5F2N2/c1-4-2-10-5(3-9-4)6(7)8/h2-3,6H,1H2. The fourth-order valence-corrected chi connectivity index (χ4v) is 0.477. The van der Waals surface area contributed by atoms with E-state index in [1.807, 2.05) is 0 Å². The molecule has 1 rings (SSSR count). The van der Waals surface area contributed by atoms with E-state index in [9.17, 15) is 8.78 Å². The number of rotatable bonds is 1. The lowest BCUT2D eigenvalue weighted by Gasteiger charge is -1.95. The summed E-state index contributed by atoms with van der Waals surface area (Å²) in [5.74, 6) is 0. The highest BCUT2D eigenvalue weighted by atomic mass is 19.3. The Labute approximate surface area is 56.9 Å². The summed E-state index contributed by atoms with van der Waals surface area (Å²) in [5.41, 5.74) is 0.0804. The van der Waals surface area contributed by atoms with Crippen LogP contribution >= 0.6 is 0 Å². The molecular formula is C6H5F2N2. The third-order valence-electron chi connectivity index (χ3n) is 0.949. The zero-order chi connectivity index (χ0) is 7.56. The molecular weight excluding hydrogens is 138 g/mol. The Kier molecular flexibility index (Phi) is 1.89. The van der Waals surface area contributed by atoms with Gasteiger partial charge in [-0.25, -0.2) is 8.78 Å². The summed E-state index contributed by atoms with van der Waals surface area (Å²) in [6, 6.07) is 0. The molecule has 0 aliphatic carbocycles. The molecule has 0 aliphatic heterocycles. The lowest BCUT2D eigenvalue weighted by Crippen LogP contribution is -1.91. The van der Waals surface area contributed by atoms with Crippen LogP contribution in [0.5, 0.6) is 0 Å². The van der Waals surface area contributed by atoms with E-state index in [4.69, 9.17) is 0 Å². The van der Waals surface area contributed by atoms with Crippen molar-refractivity contribution in [2.24, 2.45) is 0 Å². The second kappa shape index (κ2) is 2.68. The van der Waals surface area contributed by atoms with Gasteiger partial charge in [0.25, 0.3) is 6.43 Å². The van der Waals surface area contributed by atoms with Gasteiger partial charge in [0.05, 0.1) is 11.9 Å². The predicted molar refractivity (Wildman–Crippen MR) is 31.4 cm³/mol. The molecule has 0 saturated heterocycles. The van der Waals surface area contributed by atoms with Crippen LogP contribution in [0.2, 0.25) is 0 Å². The molecule has 0 N–H and O–H groups in total. The molecule has 0 unspecified atom stereocenters. The maximum atomic E-state index is 11.8. The summed E-state index contributed by atoms with van der Waals surface area (Å²) in [5, 5.41) is 0. The average Bonchev–Trinajstić information content (AvgIpc) is 1.88. The highest BCUT2D eigenvalue weighted by molar-refractivity contribution is 5.04. The molecule has 1 aromatic heterocycles. The van der Waals surface area contributed by atoms with Gasteiger partial charge in [-0.2, -0.15) is 0 Å². The van der Waals surface area contributed by atoms with Crippen LogP contribution in [0.15, 0.2) is 12.4 Å². The van der Waals surface area contributed by atoms with Crippen LogP contribution < -0.4 is 0 Å². The van der Waals surface area contributed by atoms with Crippen LogP contribution in [0.3, 0.4) is 0 Å². The SMILES string of the molecule is [CH2]c1cnc(C(F)F)cn1. The van der Waals surface area contributed by atoms with Crippen LogP contribution in [0.4, 0.5) is 8.78 Å². The molecule has 0 atom stereocenters. The van der Waals surface area contributed by atoms with Crippen molar-refractivity contribution < 1.29 is 8.78 Å². The van der Waals surface area contributed by atoms with Crippen molar-refractivity contribution in [3.8, 4) is 0 Å². The molecule has 53 valence electrons. The predicted octanol–water partition coefficient (Wildman–Crippen LogP) is 1.60. The molecule has 1 heterocycles. The normalized spacial score (nSPS) is 10.4. The number of halogens is 2. The Balaban J connectivity index is 2.89. The first kappa shape index (κ1) is 7.05. The van der Waals surface area contributed by atoms with Crippen molar-refractivity contribution in [1.29, 1.82) is 0 Å². The minimum absolute atomic E-state index is 0.313. The quantitative estimate of drug-likeness (QED) is 0.596. The maximum Gasteiger partial charge on any atom is 0.281 e. The smallest absolute Gasteiger partial charge is 0.258 e. The van der Waals surface area contributed by atoms with Gasteiger partial charge in [0.2, 0.25) is 0 Å². The Morgan fingerprint density at radius 2 is 2.00 bits per heavy atom. The second-order valence-corrected chi connectivity index (χ2v) is 1.73. The van der Waals surface area contributed by atoms with Crippen molar-refractivity contribution >= 4 is 0 Å². The Morgan fingerprint density at radius 1 is 1.30 bits per heavy atom. The maximum absolute atomic E-state index is 11.8. The summed E-state index contributed by atoms with van der Waals surface area (Å²) in [7, 11) is 0. The van der Waals surface area contributed by atoms with Gasteiger partial charge in [-0.3, -0.25) is 9.97 Å². The van der Waals surface area contributed by atoms with E-state index in [2.05, 4.69) is 16.9 Å². The fourth-order valence-electron chi connectivity index (χ4n) is 0.477. The van der Waals surface area contributed by atoms with Gasteiger partial charge in [0.15, 0.2) is 0 Å². The molecule has 0 amide bonds. The molecule has 0 aliphatic rings. The van der Waals surface area contributed by atoms with Gasteiger partial charge in [-0.1, -0.05) is 0 Å². The van der Waals surface area contributed by atoms with E-state index >= 15 is 0 Å². The average molecular weight is 143 g/mol. The summed E-state index contributed by atoms with van der Waals surface area (Å²) in [4.78, 5) is 6.95. The Bertz CT molecular complexity index is 207. The van der Waals surface area contributed by atoms with Crippen molar-refractivity contribution in [1.82, 2.24) is 9.97 Å². The van der Waals surface area contributed by atoms with Crippen molar-refractivity contribution in [3.63, 3.8) is 0 Å². The molecule has 1 aromatic rings. The molecule has 0 aromatic carbocycles. The highest BCUT2D eigenvalue weighted by Gasteiger charge is 2.06. The third kappa shape index (κ3) is 1.46. The molecule has 10 heavy (non-hydrogen) atoms. The Hall–Kier alpha value is -1.06. The molecule has 0 spiro atoms. The van der Waals surface area contributed by atoms with Crippen molar-refractivity contribution in [2.75, 3.05) is 0 Å². The number of hydrogen-bond acceptors (Lipinski definition) is 2. The molecule has 0 fully saturated rings. The summed E-state index contributed by atoms with van der Waals surface area (Å²) < 4.78 is 23.6. The lowest BCUT2D eigenvalue weighted by atomic mass is 10.4. The topological polar surface area (TPSA) is 25.8 Å². The summed E-state index contributed by atoms with van der Waals surface area (Å²) >= 11 is 0. The minimum Gasteiger partial charge on any atom is -0.258 e. The van der Waals surface area contributed by atoms with Gasteiger partial charge in [0, 0.05) is 6.20 Å². The number of nitrogens with zero attached hydrogens (tertiary/aromatic N) is 2. The monoisotopic (exact) mass is 143 g/mol. The fraction of sp³-hybridized carbons (Fsp3) is 0.167. The second-order valence-electron chi connectivity index (χ2n) is 1.73. The van der Waals surface area contributed by atoms with Gasteiger partial charge in [-0.15, -0.1) is 0 Å². The first-order valence-corrected chi connectivity index (χ1v) is 2.62. The first-order chi connectivity index (χ1) is 4.70. The van der Waals surface area contributed by atoms with Crippen LogP contribution in [-0.2, 0) is 0 Å². The molecule has 2 nitrogen and oxygen atoms in total. The van der Waals surface area contributed by atoms with E-state index in [0.29, 0.717) is 5.69 Å². The number of alkyl halides is 2. The largest absolute Gasteiger partial charge is 0.281 e. The van der Waals surface area contributed by atoms with E-state index < -0.39 is 6.43 Å². The van der Waals surface area contributed by atoms with Crippen LogP contribution in [0.25, 0.3) is 0 Å². The summed E-state index contributed by atoms with van der Waals surface area (Å²) in [6.07, 6.45) is -0.317. The Morgan fingerprint density at radius 3 is 2.40 bits per heavy atom. The zero-order valence-corrected chi connectivity index (χ0v) is 5.09. The van der Waals surface area contributed by atoms with Crippen molar-refractivity contribution in [2.45, 2.75) is 6.43 Å². The third-order valence-corrected chi connectivity index (χ3v) is 0.949. The lowest BCUT2D eigenvalue weighted by molar-refractivity contribution is 0.145. The molecule has 0 bridgehead atoms.